The fourth-order valence-electron chi connectivity index (χ4n) is 3.16. The van der Waals surface area contributed by atoms with Gasteiger partial charge in [0.1, 0.15) is 10.8 Å². The molecule has 0 amide bonds. The lowest BCUT2D eigenvalue weighted by molar-refractivity contribution is -0.137. The molecule has 0 spiro atoms. The van der Waals surface area contributed by atoms with Crippen molar-refractivity contribution in [3.63, 3.8) is 0 Å². The van der Waals surface area contributed by atoms with E-state index in [9.17, 15) is 9.90 Å². The van der Waals surface area contributed by atoms with Crippen molar-refractivity contribution < 1.29 is 14.6 Å². The van der Waals surface area contributed by atoms with Crippen LogP contribution >= 0.6 is 11.3 Å². The van der Waals surface area contributed by atoms with Crippen molar-refractivity contribution >= 4 is 17.3 Å². The number of nitrogens with zero attached hydrogens (tertiary/aromatic N) is 1. The first-order valence-corrected chi connectivity index (χ1v) is 9.77. The first kappa shape index (κ1) is 19.1. The van der Waals surface area contributed by atoms with E-state index in [1.165, 1.54) is 16.9 Å². The summed E-state index contributed by atoms with van der Waals surface area (Å²) in [5, 5.41) is 12.1. The molecule has 0 aliphatic carbocycles. The average Bonchev–Trinajstić information content (AvgIpc) is 3.20. The first-order valence-electron chi connectivity index (χ1n) is 8.89. The highest BCUT2D eigenvalue weighted by Gasteiger charge is 2.21. The van der Waals surface area contributed by atoms with E-state index in [0.29, 0.717) is 5.92 Å². The molecular weight excluding hydrogens is 358 g/mol. The third kappa shape index (κ3) is 4.37. The first-order chi connectivity index (χ1) is 13.0. The molecule has 1 N–H and O–H groups in total. The second-order valence-electron chi connectivity index (χ2n) is 6.76. The summed E-state index contributed by atoms with van der Waals surface area (Å²) >= 11 is 1.48. The fraction of sp³-hybridized carbons (Fsp3) is 0.273. The zero-order valence-electron chi connectivity index (χ0n) is 15.7. The molecule has 0 aliphatic heterocycles. The Bertz CT molecular complexity index is 919. The largest absolute Gasteiger partial charge is 0.496 e. The summed E-state index contributed by atoms with van der Waals surface area (Å²) in [4.78, 5) is 15.8. The van der Waals surface area contributed by atoms with Crippen LogP contribution < -0.4 is 4.74 Å². The van der Waals surface area contributed by atoms with Gasteiger partial charge >= 0.3 is 5.97 Å². The lowest BCUT2D eigenvalue weighted by Crippen LogP contribution is -2.08. The molecule has 4 nitrogen and oxygen atoms in total. The van der Waals surface area contributed by atoms with Gasteiger partial charge in [0.15, 0.2) is 0 Å². The van der Waals surface area contributed by atoms with Crippen LogP contribution in [0.5, 0.6) is 5.75 Å². The summed E-state index contributed by atoms with van der Waals surface area (Å²) in [6.07, 6.45) is 1.73. The quantitative estimate of drug-likeness (QED) is 0.583. The van der Waals surface area contributed by atoms with Gasteiger partial charge in [-0.15, -0.1) is 11.3 Å². The molecule has 1 atom stereocenters. The van der Waals surface area contributed by atoms with Gasteiger partial charge in [0, 0.05) is 23.1 Å². The van der Waals surface area contributed by atoms with Crippen LogP contribution in [0.2, 0.25) is 0 Å². The van der Waals surface area contributed by atoms with Crippen molar-refractivity contribution in [1.82, 2.24) is 4.98 Å². The minimum Gasteiger partial charge on any atom is -0.496 e. The number of rotatable bonds is 7. The number of hydrogen-bond donors (Lipinski definition) is 1. The molecule has 0 saturated carbocycles. The normalized spacial score (nSPS) is 12.1. The van der Waals surface area contributed by atoms with Crippen molar-refractivity contribution in [3.8, 4) is 16.9 Å². The van der Waals surface area contributed by atoms with Crippen LogP contribution in [0.4, 0.5) is 0 Å². The van der Waals surface area contributed by atoms with Gasteiger partial charge in [-0.2, -0.15) is 0 Å². The molecule has 1 heterocycles. The van der Waals surface area contributed by atoms with Gasteiger partial charge in [-0.05, 0) is 34.7 Å². The number of carboxylic acids is 1. The van der Waals surface area contributed by atoms with E-state index in [1.54, 1.807) is 13.3 Å². The summed E-state index contributed by atoms with van der Waals surface area (Å²) in [6.45, 7) is 4.32. The van der Waals surface area contributed by atoms with Crippen LogP contribution in [-0.2, 0) is 4.79 Å². The molecule has 3 rings (SSSR count). The Morgan fingerprint density at radius 3 is 2.63 bits per heavy atom. The van der Waals surface area contributed by atoms with E-state index in [2.05, 4.69) is 37.0 Å². The summed E-state index contributed by atoms with van der Waals surface area (Å²) < 4.78 is 5.57. The molecule has 3 aromatic rings. The zero-order valence-corrected chi connectivity index (χ0v) is 16.5. The molecule has 0 saturated heterocycles. The Morgan fingerprint density at radius 2 is 2.00 bits per heavy atom. The smallest absolute Gasteiger partial charge is 0.304 e. The SMILES string of the molecule is COc1ccc(C(C)C)cc1-c1cccc(C(CC(=O)O)c2nccs2)c1. The maximum atomic E-state index is 11.4. The molecule has 0 fully saturated rings. The highest BCUT2D eigenvalue weighted by molar-refractivity contribution is 7.09. The highest BCUT2D eigenvalue weighted by atomic mass is 32.1. The van der Waals surface area contributed by atoms with Gasteiger partial charge < -0.3 is 9.84 Å². The maximum absolute atomic E-state index is 11.4. The number of ether oxygens (including phenoxy) is 1. The third-order valence-corrected chi connectivity index (χ3v) is 5.51. The van der Waals surface area contributed by atoms with Crippen molar-refractivity contribution in [2.45, 2.75) is 32.1 Å². The molecule has 2 aromatic carbocycles. The molecule has 5 heteroatoms. The van der Waals surface area contributed by atoms with Crippen LogP contribution in [0, 0.1) is 0 Å². The van der Waals surface area contributed by atoms with E-state index in [0.717, 1.165) is 27.4 Å². The predicted molar refractivity (Wildman–Crippen MR) is 109 cm³/mol. The van der Waals surface area contributed by atoms with E-state index < -0.39 is 5.97 Å². The van der Waals surface area contributed by atoms with Gasteiger partial charge in [-0.3, -0.25) is 4.79 Å². The average molecular weight is 381 g/mol. The molecule has 0 aliphatic rings. The summed E-state index contributed by atoms with van der Waals surface area (Å²) in [5.74, 6) is 0.121. The van der Waals surface area contributed by atoms with Gasteiger partial charge in [0.05, 0.1) is 13.5 Å². The van der Waals surface area contributed by atoms with Crippen LogP contribution in [0.1, 0.15) is 48.2 Å². The highest BCUT2D eigenvalue weighted by Crippen LogP contribution is 2.36. The Balaban J connectivity index is 2.07. The Morgan fingerprint density at radius 1 is 1.19 bits per heavy atom. The minimum atomic E-state index is -0.833. The molecular formula is C22H23NO3S. The van der Waals surface area contributed by atoms with E-state index in [4.69, 9.17) is 4.74 Å². The Labute approximate surface area is 163 Å². The fourth-order valence-corrected chi connectivity index (χ4v) is 3.93. The van der Waals surface area contributed by atoms with E-state index in [1.807, 2.05) is 29.6 Å². The Kier molecular flexibility index (Phi) is 5.91. The number of methoxy groups -OCH3 is 1. The predicted octanol–water partition coefficient (Wildman–Crippen LogP) is 5.55. The zero-order chi connectivity index (χ0) is 19.4. The Hall–Kier alpha value is -2.66. The summed E-state index contributed by atoms with van der Waals surface area (Å²) in [7, 11) is 1.67. The number of aliphatic carboxylic acids is 1. The maximum Gasteiger partial charge on any atom is 0.304 e. The van der Waals surface area contributed by atoms with Crippen molar-refractivity contribution in [1.29, 1.82) is 0 Å². The van der Waals surface area contributed by atoms with Crippen molar-refractivity contribution in [2.75, 3.05) is 7.11 Å². The molecule has 0 bridgehead atoms. The molecule has 140 valence electrons. The van der Waals surface area contributed by atoms with Crippen molar-refractivity contribution in [2.24, 2.45) is 0 Å². The number of carbonyl (C=O) groups is 1. The number of benzene rings is 2. The molecule has 1 aromatic heterocycles. The van der Waals surface area contributed by atoms with Gasteiger partial charge in [-0.1, -0.05) is 44.2 Å². The molecule has 27 heavy (non-hydrogen) atoms. The van der Waals surface area contributed by atoms with E-state index in [-0.39, 0.29) is 12.3 Å². The van der Waals surface area contributed by atoms with Gasteiger partial charge in [-0.25, -0.2) is 4.98 Å². The molecule has 1 unspecified atom stereocenters. The number of hydrogen-bond acceptors (Lipinski definition) is 4. The summed E-state index contributed by atoms with van der Waals surface area (Å²) in [5.41, 5.74) is 4.21. The summed E-state index contributed by atoms with van der Waals surface area (Å²) in [6, 6.07) is 14.2. The number of carboxylic acid groups (broad SMARTS) is 1. The lowest BCUT2D eigenvalue weighted by atomic mass is 9.91. The monoisotopic (exact) mass is 381 g/mol. The second kappa shape index (κ2) is 8.35. The van der Waals surface area contributed by atoms with Crippen LogP contribution in [-0.4, -0.2) is 23.2 Å². The second-order valence-corrected chi connectivity index (χ2v) is 7.69. The lowest BCUT2D eigenvalue weighted by Gasteiger charge is -2.16. The standard InChI is InChI=1S/C22H23NO3S/c1-14(2)15-7-8-20(26-3)18(12-15)16-5-4-6-17(11-16)19(13-21(24)25)22-23-9-10-27-22/h4-12,14,19H,13H2,1-3H3,(H,24,25). The minimum absolute atomic E-state index is 0.0140. The molecule has 0 radical (unpaired) electrons. The van der Waals surface area contributed by atoms with E-state index >= 15 is 0 Å². The topological polar surface area (TPSA) is 59.4 Å². The number of thiazole rings is 1. The van der Waals surface area contributed by atoms with Gasteiger partial charge in [0.25, 0.3) is 0 Å². The number of aromatic nitrogens is 1. The van der Waals surface area contributed by atoms with Crippen LogP contribution in [0.15, 0.2) is 54.0 Å². The van der Waals surface area contributed by atoms with Crippen molar-refractivity contribution in [3.05, 3.63) is 70.2 Å². The van der Waals surface area contributed by atoms with Crippen LogP contribution in [0.3, 0.4) is 0 Å². The van der Waals surface area contributed by atoms with Gasteiger partial charge in [0.2, 0.25) is 0 Å². The third-order valence-electron chi connectivity index (χ3n) is 4.62. The van der Waals surface area contributed by atoms with Crippen LogP contribution in [0.25, 0.3) is 11.1 Å².